The molecule has 0 spiro atoms. The molecule has 0 amide bonds. The molecule has 78 valence electrons. The molecule has 0 atom stereocenters. The number of hydrogen-bond donors (Lipinski definition) is 0. The molecule has 1 aromatic carbocycles. The lowest BCUT2D eigenvalue weighted by molar-refractivity contribution is 0.198. The number of benzene rings is 1. The van der Waals surface area contributed by atoms with Crippen LogP contribution in [0.15, 0.2) is 24.3 Å². The zero-order valence-electron chi connectivity index (χ0n) is 8.95. The van der Waals surface area contributed by atoms with Gasteiger partial charge >= 0.3 is 0 Å². The summed E-state index contributed by atoms with van der Waals surface area (Å²) in [4.78, 5) is 0. The highest BCUT2D eigenvalue weighted by atomic mass is 16.5. The topological polar surface area (TPSA) is 18.5 Å². The molecule has 0 N–H and O–H groups in total. The van der Waals surface area contributed by atoms with Crippen LogP contribution in [0.25, 0.3) is 0 Å². The summed E-state index contributed by atoms with van der Waals surface area (Å²) in [6.07, 6.45) is 2.56. The van der Waals surface area contributed by atoms with Gasteiger partial charge in [-0.1, -0.05) is 18.2 Å². The first-order valence-electron chi connectivity index (χ1n) is 5.02. The Bertz CT molecular complexity index is 247. The SMILES string of the molecule is C1CCOC1.COc1ccccc1C. The Hall–Kier alpha value is -1.02. The third-order valence-corrected chi connectivity index (χ3v) is 2.14. The van der Waals surface area contributed by atoms with Crippen molar-refractivity contribution in [2.75, 3.05) is 20.3 Å². The van der Waals surface area contributed by atoms with Crippen molar-refractivity contribution in [1.82, 2.24) is 0 Å². The van der Waals surface area contributed by atoms with E-state index in [2.05, 4.69) is 0 Å². The van der Waals surface area contributed by atoms with E-state index in [9.17, 15) is 0 Å². The van der Waals surface area contributed by atoms with Gasteiger partial charge in [-0.2, -0.15) is 0 Å². The van der Waals surface area contributed by atoms with E-state index in [0.717, 1.165) is 19.0 Å². The highest BCUT2D eigenvalue weighted by molar-refractivity contribution is 5.31. The third-order valence-electron chi connectivity index (χ3n) is 2.14. The minimum Gasteiger partial charge on any atom is -0.496 e. The van der Waals surface area contributed by atoms with Gasteiger partial charge in [-0.3, -0.25) is 0 Å². The second kappa shape index (κ2) is 6.44. The van der Waals surface area contributed by atoms with Crippen molar-refractivity contribution >= 4 is 0 Å². The van der Waals surface area contributed by atoms with E-state index in [1.54, 1.807) is 7.11 Å². The molecule has 2 rings (SSSR count). The van der Waals surface area contributed by atoms with Gasteiger partial charge in [-0.05, 0) is 31.4 Å². The Labute approximate surface area is 85.8 Å². The molecule has 1 fully saturated rings. The highest BCUT2D eigenvalue weighted by Crippen LogP contribution is 2.14. The number of rotatable bonds is 1. The van der Waals surface area contributed by atoms with E-state index >= 15 is 0 Å². The zero-order valence-corrected chi connectivity index (χ0v) is 8.95. The highest BCUT2D eigenvalue weighted by Gasteiger charge is 1.94. The Morgan fingerprint density at radius 2 is 1.79 bits per heavy atom. The van der Waals surface area contributed by atoms with Crippen molar-refractivity contribution < 1.29 is 9.47 Å². The maximum atomic E-state index is 5.04. The summed E-state index contributed by atoms with van der Waals surface area (Å²) in [7, 11) is 1.68. The first-order chi connectivity index (χ1) is 6.84. The molecular weight excluding hydrogens is 176 g/mol. The summed E-state index contributed by atoms with van der Waals surface area (Å²) in [5.41, 5.74) is 1.18. The lowest BCUT2D eigenvalue weighted by Crippen LogP contribution is -1.84. The van der Waals surface area contributed by atoms with Crippen LogP contribution >= 0.6 is 0 Å². The van der Waals surface area contributed by atoms with Crippen molar-refractivity contribution in [2.45, 2.75) is 19.8 Å². The molecular formula is C12H18O2. The fourth-order valence-corrected chi connectivity index (χ4v) is 1.30. The number of hydrogen-bond acceptors (Lipinski definition) is 2. The van der Waals surface area contributed by atoms with Crippen LogP contribution in [0.3, 0.4) is 0 Å². The number of aryl methyl sites for hydroxylation is 1. The maximum absolute atomic E-state index is 5.04. The van der Waals surface area contributed by atoms with Crippen molar-refractivity contribution in [3.05, 3.63) is 29.8 Å². The molecule has 0 saturated carbocycles. The summed E-state index contributed by atoms with van der Waals surface area (Å²) >= 11 is 0. The lowest BCUT2D eigenvalue weighted by Gasteiger charge is -2.00. The molecule has 1 aromatic rings. The van der Waals surface area contributed by atoms with Crippen molar-refractivity contribution in [3.8, 4) is 5.75 Å². The standard InChI is InChI=1S/C8H10O.C4H8O/c1-7-5-3-4-6-8(7)9-2;1-2-4-5-3-1/h3-6H,1-2H3;1-4H2. The van der Waals surface area contributed by atoms with Crippen LogP contribution in [0.1, 0.15) is 18.4 Å². The molecule has 1 saturated heterocycles. The van der Waals surface area contributed by atoms with Crippen molar-refractivity contribution in [1.29, 1.82) is 0 Å². The van der Waals surface area contributed by atoms with Gasteiger partial charge in [0.15, 0.2) is 0 Å². The molecule has 0 radical (unpaired) electrons. The molecule has 2 nitrogen and oxygen atoms in total. The second-order valence-corrected chi connectivity index (χ2v) is 3.29. The minimum atomic E-state index is 0.956. The van der Waals surface area contributed by atoms with Gasteiger partial charge in [0, 0.05) is 13.2 Å². The average molecular weight is 194 g/mol. The van der Waals surface area contributed by atoms with Crippen molar-refractivity contribution in [2.24, 2.45) is 0 Å². The fourth-order valence-electron chi connectivity index (χ4n) is 1.30. The quantitative estimate of drug-likeness (QED) is 0.684. The second-order valence-electron chi connectivity index (χ2n) is 3.29. The smallest absolute Gasteiger partial charge is 0.121 e. The lowest BCUT2D eigenvalue weighted by atomic mass is 10.2. The van der Waals surface area contributed by atoms with Gasteiger partial charge in [-0.15, -0.1) is 0 Å². The molecule has 14 heavy (non-hydrogen) atoms. The summed E-state index contributed by atoms with van der Waals surface area (Å²) < 4.78 is 9.99. The summed E-state index contributed by atoms with van der Waals surface area (Å²) in [6, 6.07) is 7.94. The van der Waals surface area contributed by atoms with Crippen LogP contribution in [0.4, 0.5) is 0 Å². The van der Waals surface area contributed by atoms with Crippen LogP contribution < -0.4 is 4.74 Å². The van der Waals surface area contributed by atoms with Gasteiger partial charge in [-0.25, -0.2) is 0 Å². The predicted octanol–water partition coefficient (Wildman–Crippen LogP) is 2.80. The number of para-hydroxylation sites is 1. The Morgan fingerprint density at radius 3 is 2.14 bits per heavy atom. The molecule has 0 aromatic heterocycles. The Kier molecular flexibility index (Phi) is 5.08. The van der Waals surface area contributed by atoms with Crippen LogP contribution in [-0.2, 0) is 4.74 Å². The molecule has 1 aliphatic rings. The van der Waals surface area contributed by atoms with Gasteiger partial charge in [0.1, 0.15) is 5.75 Å². The number of ether oxygens (including phenoxy) is 2. The van der Waals surface area contributed by atoms with E-state index in [0.29, 0.717) is 0 Å². The van der Waals surface area contributed by atoms with Crippen LogP contribution in [-0.4, -0.2) is 20.3 Å². The van der Waals surface area contributed by atoms with Crippen LogP contribution in [0, 0.1) is 6.92 Å². The molecule has 0 bridgehead atoms. The van der Waals surface area contributed by atoms with E-state index in [4.69, 9.17) is 9.47 Å². The van der Waals surface area contributed by atoms with Gasteiger partial charge in [0.05, 0.1) is 7.11 Å². The molecule has 1 aliphatic heterocycles. The van der Waals surface area contributed by atoms with Gasteiger partial charge in [0.2, 0.25) is 0 Å². The fraction of sp³-hybridized carbons (Fsp3) is 0.500. The van der Waals surface area contributed by atoms with E-state index in [1.165, 1.54) is 18.4 Å². The summed E-state index contributed by atoms with van der Waals surface area (Å²) in [5.74, 6) is 0.956. The third kappa shape index (κ3) is 3.79. The molecule has 1 heterocycles. The normalized spacial score (nSPS) is 14.4. The molecule has 0 unspecified atom stereocenters. The summed E-state index contributed by atoms with van der Waals surface area (Å²) in [5, 5.41) is 0. The largest absolute Gasteiger partial charge is 0.496 e. The zero-order chi connectivity index (χ0) is 10.2. The average Bonchev–Trinajstić information content (AvgIpc) is 2.76. The Balaban J connectivity index is 0.000000165. The molecule has 2 heteroatoms. The predicted molar refractivity (Wildman–Crippen MR) is 57.8 cm³/mol. The first-order valence-corrected chi connectivity index (χ1v) is 5.02. The summed E-state index contributed by atoms with van der Waals surface area (Å²) in [6.45, 7) is 4.03. The Morgan fingerprint density at radius 1 is 1.14 bits per heavy atom. The molecule has 0 aliphatic carbocycles. The van der Waals surface area contributed by atoms with E-state index in [-0.39, 0.29) is 0 Å². The van der Waals surface area contributed by atoms with Gasteiger partial charge in [0.25, 0.3) is 0 Å². The van der Waals surface area contributed by atoms with Gasteiger partial charge < -0.3 is 9.47 Å². The van der Waals surface area contributed by atoms with Crippen molar-refractivity contribution in [3.63, 3.8) is 0 Å². The monoisotopic (exact) mass is 194 g/mol. The van der Waals surface area contributed by atoms with E-state index < -0.39 is 0 Å². The maximum Gasteiger partial charge on any atom is 0.121 e. The minimum absolute atomic E-state index is 0.956. The van der Waals surface area contributed by atoms with Crippen LogP contribution in [0.2, 0.25) is 0 Å². The first kappa shape index (κ1) is 11.1. The van der Waals surface area contributed by atoms with Crippen LogP contribution in [0.5, 0.6) is 5.75 Å². The number of methoxy groups -OCH3 is 1. The van der Waals surface area contributed by atoms with E-state index in [1.807, 2.05) is 31.2 Å².